The average Bonchev–Trinajstić information content (AvgIpc) is 2.34. The number of nitrogens with zero attached hydrogens (tertiary/aromatic N) is 2. The summed E-state index contributed by atoms with van der Waals surface area (Å²) >= 11 is 0. The van der Waals surface area contributed by atoms with Crippen LogP contribution in [0.5, 0.6) is 0 Å². The highest BCUT2D eigenvalue weighted by molar-refractivity contribution is 5.80. The topological polar surface area (TPSA) is 48.9 Å². The largest absolute Gasteiger partial charge is 0.373 e. The van der Waals surface area contributed by atoms with Gasteiger partial charge < -0.3 is 15.4 Å². The van der Waals surface area contributed by atoms with Gasteiger partial charge in [0.25, 0.3) is 0 Å². The third kappa shape index (κ3) is 6.22. The Hall–Kier alpha value is -0.810. The van der Waals surface area contributed by atoms with E-state index in [0.29, 0.717) is 18.2 Å². The Kier molecular flexibility index (Phi) is 6.94. The predicted octanol–water partition coefficient (Wildman–Crippen LogP) is 1.84. The normalized spacial score (nSPS) is 25.2. The molecule has 1 heterocycles. The van der Waals surface area contributed by atoms with Gasteiger partial charge in [-0.3, -0.25) is 9.89 Å². The van der Waals surface area contributed by atoms with E-state index >= 15 is 0 Å². The zero-order valence-electron chi connectivity index (χ0n) is 14.9. The molecule has 2 N–H and O–H groups in total. The SMILES string of the molecule is CCNC(=NCC(C)(C)N1CC(C)OC(C)C1)NC(C)C. The minimum absolute atomic E-state index is 0.0334. The first-order valence-corrected chi connectivity index (χ1v) is 8.20. The molecule has 21 heavy (non-hydrogen) atoms. The van der Waals surface area contributed by atoms with Crippen molar-refractivity contribution in [3.63, 3.8) is 0 Å². The lowest BCUT2D eigenvalue weighted by Gasteiger charge is -2.44. The monoisotopic (exact) mass is 298 g/mol. The molecule has 0 bridgehead atoms. The third-order valence-corrected chi connectivity index (χ3v) is 3.67. The maximum absolute atomic E-state index is 5.83. The van der Waals surface area contributed by atoms with Gasteiger partial charge in [0.1, 0.15) is 0 Å². The van der Waals surface area contributed by atoms with Gasteiger partial charge in [-0.15, -0.1) is 0 Å². The Labute approximate surface area is 130 Å². The summed E-state index contributed by atoms with van der Waals surface area (Å²) in [4.78, 5) is 7.26. The van der Waals surface area contributed by atoms with Gasteiger partial charge in [-0.2, -0.15) is 0 Å². The second-order valence-electron chi connectivity index (χ2n) is 6.97. The second-order valence-corrected chi connectivity index (χ2v) is 6.97. The zero-order chi connectivity index (χ0) is 16.0. The molecule has 1 aliphatic heterocycles. The maximum Gasteiger partial charge on any atom is 0.191 e. The first-order chi connectivity index (χ1) is 9.74. The molecule has 1 rings (SSSR count). The fourth-order valence-corrected chi connectivity index (χ4v) is 2.64. The number of morpholine rings is 1. The summed E-state index contributed by atoms with van der Waals surface area (Å²) in [6.07, 6.45) is 0.582. The lowest BCUT2D eigenvalue weighted by Crippen LogP contribution is -2.56. The van der Waals surface area contributed by atoms with E-state index in [2.05, 4.69) is 64.0 Å². The van der Waals surface area contributed by atoms with Crippen molar-refractivity contribution in [1.29, 1.82) is 0 Å². The number of rotatable bonds is 5. The van der Waals surface area contributed by atoms with Gasteiger partial charge in [-0.05, 0) is 48.5 Å². The average molecular weight is 298 g/mol. The molecule has 0 aromatic carbocycles. The summed E-state index contributed by atoms with van der Waals surface area (Å²) < 4.78 is 5.83. The van der Waals surface area contributed by atoms with Gasteiger partial charge >= 0.3 is 0 Å². The molecule has 5 nitrogen and oxygen atoms in total. The fourth-order valence-electron chi connectivity index (χ4n) is 2.64. The molecule has 0 aromatic heterocycles. The van der Waals surface area contributed by atoms with E-state index in [0.717, 1.165) is 32.1 Å². The summed E-state index contributed by atoms with van der Waals surface area (Å²) in [5, 5.41) is 6.67. The lowest BCUT2D eigenvalue weighted by atomic mass is 10.0. The van der Waals surface area contributed by atoms with Crippen LogP contribution in [0.4, 0.5) is 0 Å². The molecular weight excluding hydrogens is 264 g/mol. The molecule has 2 atom stereocenters. The molecule has 1 saturated heterocycles. The second kappa shape index (κ2) is 7.99. The first-order valence-electron chi connectivity index (χ1n) is 8.20. The number of aliphatic imine (C=N–C) groups is 1. The molecule has 0 spiro atoms. The smallest absolute Gasteiger partial charge is 0.191 e. The van der Waals surface area contributed by atoms with E-state index in [1.165, 1.54) is 0 Å². The Morgan fingerprint density at radius 1 is 1.29 bits per heavy atom. The van der Waals surface area contributed by atoms with Crippen LogP contribution in [0.2, 0.25) is 0 Å². The van der Waals surface area contributed by atoms with Gasteiger partial charge in [0.2, 0.25) is 0 Å². The summed E-state index contributed by atoms with van der Waals surface area (Å²) in [6.45, 7) is 18.8. The van der Waals surface area contributed by atoms with E-state index in [-0.39, 0.29) is 5.54 Å². The van der Waals surface area contributed by atoms with Gasteiger partial charge in [-0.1, -0.05) is 0 Å². The Balaban J connectivity index is 2.68. The van der Waals surface area contributed by atoms with Gasteiger partial charge in [0.05, 0.1) is 18.8 Å². The van der Waals surface area contributed by atoms with Crippen molar-refractivity contribution in [2.45, 2.75) is 72.3 Å². The van der Waals surface area contributed by atoms with Crippen LogP contribution in [0, 0.1) is 0 Å². The highest BCUT2D eigenvalue weighted by atomic mass is 16.5. The van der Waals surface area contributed by atoms with Crippen molar-refractivity contribution >= 4 is 5.96 Å². The minimum atomic E-state index is 0.0334. The van der Waals surface area contributed by atoms with Crippen molar-refractivity contribution in [2.75, 3.05) is 26.2 Å². The van der Waals surface area contributed by atoms with Crippen LogP contribution in [-0.2, 0) is 4.74 Å². The van der Waals surface area contributed by atoms with Gasteiger partial charge in [-0.25, -0.2) is 0 Å². The molecule has 1 aliphatic rings. The molecule has 2 unspecified atom stereocenters. The van der Waals surface area contributed by atoms with E-state index in [9.17, 15) is 0 Å². The standard InChI is InChI=1S/C16H34N4O/c1-8-17-15(19-12(2)3)18-11-16(6,7)20-9-13(4)21-14(5)10-20/h12-14H,8-11H2,1-7H3,(H2,17,18,19). The van der Waals surface area contributed by atoms with E-state index in [1.54, 1.807) is 0 Å². The molecule has 5 heteroatoms. The van der Waals surface area contributed by atoms with Crippen molar-refractivity contribution < 1.29 is 4.74 Å². The minimum Gasteiger partial charge on any atom is -0.373 e. The summed E-state index contributed by atoms with van der Waals surface area (Å²) in [5.74, 6) is 0.898. The van der Waals surface area contributed by atoms with Crippen LogP contribution < -0.4 is 10.6 Å². The molecule has 124 valence electrons. The molecule has 0 saturated carbocycles. The van der Waals surface area contributed by atoms with E-state index < -0.39 is 0 Å². The quantitative estimate of drug-likeness (QED) is 0.601. The third-order valence-electron chi connectivity index (χ3n) is 3.67. The number of guanidine groups is 1. The summed E-state index contributed by atoms with van der Waals surface area (Å²) in [6, 6.07) is 0.384. The summed E-state index contributed by atoms with van der Waals surface area (Å²) in [5.41, 5.74) is 0.0334. The van der Waals surface area contributed by atoms with Crippen LogP contribution in [0.15, 0.2) is 4.99 Å². The van der Waals surface area contributed by atoms with Crippen LogP contribution in [0.25, 0.3) is 0 Å². The maximum atomic E-state index is 5.83. The fraction of sp³-hybridized carbons (Fsp3) is 0.938. The van der Waals surface area contributed by atoms with Crippen LogP contribution in [0.1, 0.15) is 48.5 Å². The van der Waals surface area contributed by atoms with Gasteiger partial charge in [0, 0.05) is 31.2 Å². The number of ether oxygens (including phenoxy) is 1. The summed E-state index contributed by atoms with van der Waals surface area (Å²) in [7, 11) is 0. The lowest BCUT2D eigenvalue weighted by molar-refractivity contribution is -0.0939. The molecule has 0 aromatic rings. The number of hydrogen-bond acceptors (Lipinski definition) is 3. The van der Waals surface area contributed by atoms with Gasteiger partial charge in [0.15, 0.2) is 5.96 Å². The van der Waals surface area contributed by atoms with Crippen molar-refractivity contribution in [1.82, 2.24) is 15.5 Å². The highest BCUT2D eigenvalue weighted by Gasteiger charge is 2.33. The van der Waals surface area contributed by atoms with Crippen molar-refractivity contribution in [3.05, 3.63) is 0 Å². The molecule has 0 amide bonds. The predicted molar refractivity (Wildman–Crippen MR) is 89.9 cm³/mol. The van der Waals surface area contributed by atoms with E-state index in [1.807, 2.05) is 0 Å². The number of nitrogens with one attached hydrogen (secondary N) is 2. The van der Waals surface area contributed by atoms with Crippen molar-refractivity contribution in [3.8, 4) is 0 Å². The molecular formula is C16H34N4O. The Bertz CT molecular complexity index is 331. The van der Waals surface area contributed by atoms with Crippen LogP contribution in [0.3, 0.4) is 0 Å². The zero-order valence-corrected chi connectivity index (χ0v) is 14.9. The molecule has 1 fully saturated rings. The highest BCUT2D eigenvalue weighted by Crippen LogP contribution is 2.21. The van der Waals surface area contributed by atoms with Crippen LogP contribution >= 0.6 is 0 Å². The number of hydrogen-bond donors (Lipinski definition) is 2. The molecule has 0 radical (unpaired) electrons. The Morgan fingerprint density at radius 2 is 1.86 bits per heavy atom. The Morgan fingerprint density at radius 3 is 2.33 bits per heavy atom. The van der Waals surface area contributed by atoms with E-state index in [4.69, 9.17) is 9.73 Å². The van der Waals surface area contributed by atoms with Crippen LogP contribution in [-0.4, -0.2) is 60.8 Å². The first kappa shape index (κ1) is 18.2. The van der Waals surface area contributed by atoms with Crippen molar-refractivity contribution in [2.24, 2.45) is 4.99 Å². The molecule has 0 aliphatic carbocycles.